The number of carbonyl (C=O) groups is 1. The first kappa shape index (κ1) is 17.4. The van der Waals surface area contributed by atoms with Crippen LogP contribution in [0, 0.1) is 22.1 Å². The zero-order valence-corrected chi connectivity index (χ0v) is 15.2. The summed E-state index contributed by atoms with van der Waals surface area (Å²) in [5.74, 6) is -2.67. The molecule has 0 bridgehead atoms. The van der Waals surface area contributed by atoms with E-state index in [1.54, 1.807) is 0 Å². The quantitative estimate of drug-likeness (QED) is 0.593. The second-order valence-electron chi connectivity index (χ2n) is 5.30. The van der Waals surface area contributed by atoms with Crippen LogP contribution in [0.1, 0.15) is 15.9 Å². The van der Waals surface area contributed by atoms with Crippen molar-refractivity contribution in [3.05, 3.63) is 75.1 Å². The highest BCUT2D eigenvalue weighted by Gasteiger charge is 2.17. The van der Waals surface area contributed by atoms with E-state index in [-0.39, 0.29) is 5.82 Å². The van der Waals surface area contributed by atoms with Crippen LogP contribution < -0.4 is 5.32 Å². The Morgan fingerprint density at radius 2 is 1.80 bits per heavy atom. The molecule has 0 atom stereocenters. The van der Waals surface area contributed by atoms with E-state index in [1.807, 2.05) is 25.1 Å². The molecule has 0 aliphatic rings. The molecule has 0 aliphatic heterocycles. The smallest absolute Gasteiger partial charge is 0.262 e. The number of hydrogen-bond donors (Lipinski definition) is 1. The van der Waals surface area contributed by atoms with Crippen molar-refractivity contribution in [1.82, 2.24) is 9.97 Å². The lowest BCUT2D eigenvalue weighted by Crippen LogP contribution is -2.16. The maximum atomic E-state index is 13.6. The van der Waals surface area contributed by atoms with E-state index in [9.17, 15) is 13.6 Å². The summed E-state index contributed by atoms with van der Waals surface area (Å²) in [6, 6.07) is 9.19. The first-order valence-corrected chi connectivity index (χ1v) is 8.37. The molecular formula is C18H12F2IN3O. The lowest BCUT2D eigenvalue weighted by atomic mass is 10.1. The zero-order chi connectivity index (χ0) is 18.0. The summed E-state index contributed by atoms with van der Waals surface area (Å²) < 4.78 is 28.3. The van der Waals surface area contributed by atoms with Crippen LogP contribution in [0.25, 0.3) is 11.3 Å². The molecule has 4 nitrogen and oxygen atoms in total. The molecule has 7 heteroatoms. The summed E-state index contributed by atoms with van der Waals surface area (Å²) in [5, 5.41) is 2.35. The van der Waals surface area contributed by atoms with Gasteiger partial charge in [-0.25, -0.2) is 13.8 Å². The Hall–Kier alpha value is -2.42. The highest BCUT2D eigenvalue weighted by Crippen LogP contribution is 2.23. The number of aromatic nitrogens is 2. The molecule has 1 amide bonds. The van der Waals surface area contributed by atoms with Gasteiger partial charge in [-0.1, -0.05) is 12.1 Å². The molecule has 0 spiro atoms. The van der Waals surface area contributed by atoms with Crippen LogP contribution in [-0.2, 0) is 0 Å². The van der Waals surface area contributed by atoms with Crippen molar-refractivity contribution in [3.8, 4) is 11.3 Å². The molecule has 3 rings (SSSR count). The van der Waals surface area contributed by atoms with Crippen LogP contribution in [-0.4, -0.2) is 15.9 Å². The molecule has 126 valence electrons. The molecule has 0 unspecified atom stereocenters. The third-order valence-electron chi connectivity index (χ3n) is 3.56. The van der Waals surface area contributed by atoms with Crippen molar-refractivity contribution >= 4 is 34.3 Å². The van der Waals surface area contributed by atoms with Gasteiger partial charge in [-0.15, -0.1) is 0 Å². The summed E-state index contributed by atoms with van der Waals surface area (Å²) in [6.07, 6.45) is 2.86. The molecule has 3 aromatic rings. The molecular weight excluding hydrogens is 439 g/mol. The highest BCUT2D eigenvalue weighted by atomic mass is 127. The van der Waals surface area contributed by atoms with E-state index in [2.05, 4.69) is 37.9 Å². The van der Waals surface area contributed by atoms with E-state index >= 15 is 0 Å². The van der Waals surface area contributed by atoms with Crippen molar-refractivity contribution < 1.29 is 13.6 Å². The van der Waals surface area contributed by atoms with E-state index < -0.39 is 23.1 Å². The topological polar surface area (TPSA) is 54.9 Å². The fraction of sp³-hybridized carbons (Fsp3) is 0.0556. The van der Waals surface area contributed by atoms with E-state index in [0.717, 1.165) is 26.8 Å². The minimum Gasteiger partial charge on any atom is -0.305 e. The van der Waals surface area contributed by atoms with Crippen molar-refractivity contribution in [1.29, 1.82) is 0 Å². The van der Waals surface area contributed by atoms with E-state index in [4.69, 9.17) is 0 Å². The Morgan fingerprint density at radius 1 is 1.08 bits per heavy atom. The Bertz CT molecular complexity index is 925. The number of amides is 1. The van der Waals surface area contributed by atoms with Gasteiger partial charge in [-0.05, 0) is 59.3 Å². The summed E-state index contributed by atoms with van der Waals surface area (Å²) in [5.41, 5.74) is 1.96. The number of aryl methyl sites for hydroxylation is 1. The predicted molar refractivity (Wildman–Crippen MR) is 99.2 cm³/mol. The molecule has 1 N–H and O–H groups in total. The minimum absolute atomic E-state index is 0.111. The minimum atomic E-state index is -0.934. The van der Waals surface area contributed by atoms with Gasteiger partial charge >= 0.3 is 0 Å². The number of nitrogens with zero attached hydrogens (tertiary/aromatic N) is 2. The number of halogens is 3. The molecule has 25 heavy (non-hydrogen) atoms. The lowest BCUT2D eigenvalue weighted by Gasteiger charge is -2.08. The molecule has 0 saturated carbocycles. The number of nitrogens with one attached hydrogen (secondary N) is 1. The summed E-state index contributed by atoms with van der Waals surface area (Å²) in [7, 11) is 0. The molecule has 0 aliphatic carbocycles. The van der Waals surface area contributed by atoms with Gasteiger partial charge in [0.05, 0.1) is 18.1 Å². The average Bonchev–Trinajstić information content (AvgIpc) is 2.58. The second kappa shape index (κ2) is 7.22. The Labute approximate surface area is 156 Å². The Balaban J connectivity index is 1.84. The van der Waals surface area contributed by atoms with Gasteiger partial charge in [0.1, 0.15) is 17.2 Å². The Morgan fingerprint density at radius 3 is 2.44 bits per heavy atom. The van der Waals surface area contributed by atoms with E-state index in [0.29, 0.717) is 5.69 Å². The summed E-state index contributed by atoms with van der Waals surface area (Å²) in [6.45, 7) is 1.96. The highest BCUT2D eigenvalue weighted by molar-refractivity contribution is 14.1. The first-order chi connectivity index (χ1) is 12.0. The van der Waals surface area contributed by atoms with Gasteiger partial charge in [0.15, 0.2) is 5.82 Å². The third-order valence-corrected chi connectivity index (χ3v) is 4.23. The number of benzene rings is 2. The molecule has 1 aromatic heterocycles. The van der Waals surface area contributed by atoms with Crippen LogP contribution in [0.3, 0.4) is 0 Å². The predicted octanol–water partition coefficient (Wildman–Crippen LogP) is 4.59. The van der Waals surface area contributed by atoms with Crippen molar-refractivity contribution in [2.45, 2.75) is 6.92 Å². The first-order valence-electron chi connectivity index (χ1n) is 7.29. The summed E-state index contributed by atoms with van der Waals surface area (Å²) >= 11 is 2.21. The normalized spacial score (nSPS) is 10.6. The van der Waals surface area contributed by atoms with Crippen molar-refractivity contribution in [2.75, 3.05) is 5.32 Å². The van der Waals surface area contributed by atoms with Gasteiger partial charge in [0.2, 0.25) is 0 Å². The fourth-order valence-electron chi connectivity index (χ4n) is 2.30. The largest absolute Gasteiger partial charge is 0.305 e. The molecule has 2 aromatic carbocycles. The number of hydrogen-bond acceptors (Lipinski definition) is 3. The number of rotatable bonds is 3. The monoisotopic (exact) mass is 451 g/mol. The van der Waals surface area contributed by atoms with Gasteiger partial charge in [0, 0.05) is 9.13 Å². The molecule has 0 fully saturated rings. The third kappa shape index (κ3) is 3.81. The van der Waals surface area contributed by atoms with E-state index in [1.165, 1.54) is 18.5 Å². The van der Waals surface area contributed by atoms with Gasteiger partial charge in [0.25, 0.3) is 5.91 Å². The van der Waals surface area contributed by atoms with Crippen molar-refractivity contribution in [3.63, 3.8) is 0 Å². The Kier molecular flexibility index (Phi) is 5.03. The second-order valence-corrected chi connectivity index (χ2v) is 6.54. The molecule has 1 heterocycles. The van der Waals surface area contributed by atoms with Gasteiger partial charge in [-0.2, -0.15) is 0 Å². The number of anilines is 1. The maximum absolute atomic E-state index is 13.6. The SMILES string of the molecule is Cc1ccc(I)cc1-c1cnc(NC(=O)c2c(F)cccc2F)cn1. The zero-order valence-electron chi connectivity index (χ0n) is 13.1. The lowest BCUT2D eigenvalue weighted by molar-refractivity contribution is 0.101. The van der Waals surface area contributed by atoms with Crippen LogP contribution in [0.5, 0.6) is 0 Å². The number of carbonyl (C=O) groups excluding carboxylic acids is 1. The van der Waals surface area contributed by atoms with Crippen LogP contribution in [0.2, 0.25) is 0 Å². The van der Waals surface area contributed by atoms with Crippen LogP contribution in [0.15, 0.2) is 48.8 Å². The van der Waals surface area contributed by atoms with Gasteiger partial charge < -0.3 is 5.32 Å². The van der Waals surface area contributed by atoms with Gasteiger partial charge in [-0.3, -0.25) is 9.78 Å². The van der Waals surface area contributed by atoms with Crippen LogP contribution in [0.4, 0.5) is 14.6 Å². The average molecular weight is 451 g/mol. The molecule has 0 radical (unpaired) electrons. The summed E-state index contributed by atoms with van der Waals surface area (Å²) in [4.78, 5) is 20.4. The van der Waals surface area contributed by atoms with Crippen LogP contribution >= 0.6 is 22.6 Å². The maximum Gasteiger partial charge on any atom is 0.262 e. The standard InChI is InChI=1S/C18H12F2IN3O/c1-10-5-6-11(21)7-12(10)15-8-23-16(9-22-15)24-18(25)17-13(19)3-2-4-14(17)20/h2-9H,1H3,(H,23,24,25). The molecule has 0 saturated heterocycles. The fourth-order valence-corrected chi connectivity index (χ4v) is 2.79. The van der Waals surface area contributed by atoms with Crippen molar-refractivity contribution in [2.24, 2.45) is 0 Å².